The van der Waals surface area contributed by atoms with Gasteiger partial charge in [-0.2, -0.15) is 0 Å². The number of benzene rings is 1. The van der Waals surface area contributed by atoms with Crippen LogP contribution in [-0.2, 0) is 15.5 Å². The van der Waals surface area contributed by atoms with Gasteiger partial charge in [-0.25, -0.2) is 14.4 Å². The van der Waals surface area contributed by atoms with Gasteiger partial charge in [-0.1, -0.05) is 0 Å². The summed E-state index contributed by atoms with van der Waals surface area (Å²) in [6.07, 6.45) is 7.61. The third-order valence-corrected chi connectivity index (χ3v) is 8.99. The molecule has 1 aliphatic carbocycles. The molecule has 3 aliphatic rings. The lowest BCUT2D eigenvalue weighted by molar-refractivity contribution is 0.0679. The number of fused-ring (bicyclic) bond motifs is 1. The molecule has 3 fully saturated rings. The Labute approximate surface area is 212 Å². The molecule has 10 heteroatoms. The molecule has 36 heavy (non-hydrogen) atoms. The SMILES string of the molecule is Nc1ncnc2c1c(-c1cc(OC[C@@H]3CCCO3)ccc1F)cn2C1CC(CN2CCS(=O)CC2)C1. The fraction of sp³-hybridized carbons (Fsp3) is 0.538. The Balaban J connectivity index is 1.23. The largest absolute Gasteiger partial charge is 0.491 e. The van der Waals surface area contributed by atoms with E-state index in [1.165, 1.54) is 12.4 Å². The molecule has 8 nitrogen and oxygen atoms in total. The number of nitrogen functional groups attached to an aromatic ring is 1. The molecule has 0 unspecified atom stereocenters. The van der Waals surface area contributed by atoms with Crippen LogP contribution in [0.3, 0.4) is 0 Å². The maximum Gasteiger partial charge on any atom is 0.146 e. The summed E-state index contributed by atoms with van der Waals surface area (Å²) in [5.74, 6) is 2.75. The van der Waals surface area contributed by atoms with Gasteiger partial charge in [0.2, 0.25) is 0 Å². The van der Waals surface area contributed by atoms with E-state index in [2.05, 4.69) is 19.4 Å². The highest BCUT2D eigenvalue weighted by Gasteiger charge is 2.34. The summed E-state index contributed by atoms with van der Waals surface area (Å²) >= 11 is 0. The lowest BCUT2D eigenvalue weighted by Crippen LogP contribution is -2.43. The van der Waals surface area contributed by atoms with E-state index in [1.54, 1.807) is 12.1 Å². The van der Waals surface area contributed by atoms with Crippen molar-refractivity contribution < 1.29 is 18.1 Å². The van der Waals surface area contributed by atoms with Crippen LogP contribution in [0.5, 0.6) is 5.75 Å². The highest BCUT2D eigenvalue weighted by atomic mass is 32.2. The molecule has 0 amide bonds. The zero-order valence-electron chi connectivity index (χ0n) is 20.3. The van der Waals surface area contributed by atoms with Crippen molar-refractivity contribution in [3.63, 3.8) is 0 Å². The van der Waals surface area contributed by atoms with Crippen molar-refractivity contribution in [3.05, 3.63) is 36.5 Å². The number of ether oxygens (including phenoxy) is 2. The van der Waals surface area contributed by atoms with Gasteiger partial charge < -0.3 is 24.7 Å². The molecule has 6 rings (SSSR count). The van der Waals surface area contributed by atoms with Gasteiger partial charge in [-0.3, -0.25) is 4.21 Å². The quantitative estimate of drug-likeness (QED) is 0.517. The van der Waals surface area contributed by atoms with Crippen molar-refractivity contribution in [1.29, 1.82) is 0 Å². The zero-order valence-corrected chi connectivity index (χ0v) is 21.1. The minimum absolute atomic E-state index is 0.0862. The monoisotopic (exact) mass is 513 g/mol. The predicted octanol–water partition coefficient (Wildman–Crippen LogP) is 3.39. The van der Waals surface area contributed by atoms with Gasteiger partial charge in [-0.05, 0) is 49.8 Å². The van der Waals surface area contributed by atoms with E-state index in [4.69, 9.17) is 15.2 Å². The first-order valence-corrected chi connectivity index (χ1v) is 14.3. The van der Waals surface area contributed by atoms with Crippen molar-refractivity contribution in [2.75, 3.05) is 50.1 Å². The Morgan fingerprint density at radius 2 is 2.03 bits per heavy atom. The van der Waals surface area contributed by atoms with Crippen molar-refractivity contribution >= 4 is 27.7 Å². The van der Waals surface area contributed by atoms with Gasteiger partial charge >= 0.3 is 0 Å². The molecule has 0 spiro atoms. The zero-order chi connectivity index (χ0) is 24.6. The molecule has 1 aromatic carbocycles. The van der Waals surface area contributed by atoms with Crippen molar-refractivity contribution in [1.82, 2.24) is 19.4 Å². The number of nitrogens with two attached hydrogens (primary N) is 1. The molecular weight excluding hydrogens is 481 g/mol. The normalized spacial score (nSPS) is 25.3. The molecule has 3 aromatic rings. The van der Waals surface area contributed by atoms with E-state index in [0.717, 1.165) is 69.1 Å². The summed E-state index contributed by atoms with van der Waals surface area (Å²) in [6, 6.07) is 5.11. The second-order valence-electron chi connectivity index (χ2n) is 10.1. The molecule has 2 aliphatic heterocycles. The molecule has 2 N–H and O–H groups in total. The summed E-state index contributed by atoms with van der Waals surface area (Å²) in [4.78, 5) is 11.2. The number of anilines is 1. The highest BCUT2D eigenvalue weighted by Crippen LogP contribution is 2.44. The van der Waals surface area contributed by atoms with Crippen molar-refractivity contribution in [3.8, 4) is 16.9 Å². The summed E-state index contributed by atoms with van der Waals surface area (Å²) < 4.78 is 40.5. The summed E-state index contributed by atoms with van der Waals surface area (Å²) in [5.41, 5.74) is 8.15. The van der Waals surface area contributed by atoms with Gasteiger partial charge in [0.1, 0.15) is 36.0 Å². The van der Waals surface area contributed by atoms with Gasteiger partial charge in [0.15, 0.2) is 0 Å². The summed E-state index contributed by atoms with van der Waals surface area (Å²) in [6.45, 7) is 4.09. The predicted molar refractivity (Wildman–Crippen MR) is 138 cm³/mol. The first-order chi connectivity index (χ1) is 17.5. The van der Waals surface area contributed by atoms with Crippen LogP contribution in [0.2, 0.25) is 0 Å². The molecular formula is C26H32FN5O3S. The van der Waals surface area contributed by atoms with Crippen LogP contribution < -0.4 is 10.5 Å². The van der Waals surface area contributed by atoms with Crippen molar-refractivity contribution in [2.24, 2.45) is 5.92 Å². The highest BCUT2D eigenvalue weighted by molar-refractivity contribution is 7.85. The Bertz CT molecular complexity index is 1260. The molecule has 0 radical (unpaired) electrons. The Morgan fingerprint density at radius 3 is 2.81 bits per heavy atom. The van der Waals surface area contributed by atoms with Crippen LogP contribution in [0.4, 0.5) is 10.2 Å². The number of halogens is 1. The van der Waals surface area contributed by atoms with Crippen LogP contribution in [0.1, 0.15) is 31.7 Å². The number of hydrogen-bond donors (Lipinski definition) is 1. The standard InChI is InChI=1S/C26H32FN5O3S/c27-23-4-3-19(35-15-20-2-1-7-34-20)12-21(23)22-14-32(26-24(22)25(28)29-16-30-26)18-10-17(11-18)13-31-5-8-36(33)9-6-31/h3-4,12,14,16-18,20H,1-2,5-11,13,15H2,(H2,28,29,30)/t17?,18?,20-/m0/s1. The van der Waals surface area contributed by atoms with E-state index in [0.29, 0.717) is 40.6 Å². The minimum atomic E-state index is -0.654. The van der Waals surface area contributed by atoms with Crippen LogP contribution in [-0.4, -0.2) is 74.1 Å². The molecule has 192 valence electrons. The van der Waals surface area contributed by atoms with E-state index >= 15 is 4.39 Å². The fourth-order valence-electron chi connectivity index (χ4n) is 5.66. The molecule has 4 heterocycles. The lowest BCUT2D eigenvalue weighted by atomic mass is 9.79. The fourth-order valence-corrected chi connectivity index (χ4v) is 6.78. The average Bonchev–Trinajstić information content (AvgIpc) is 3.51. The number of nitrogens with zero attached hydrogens (tertiary/aromatic N) is 4. The molecule has 1 atom stereocenters. The van der Waals surface area contributed by atoms with Gasteiger partial charge in [0.25, 0.3) is 0 Å². The Kier molecular flexibility index (Phi) is 6.66. The minimum Gasteiger partial charge on any atom is -0.491 e. The molecule has 1 saturated carbocycles. The second-order valence-corrected chi connectivity index (χ2v) is 11.8. The van der Waals surface area contributed by atoms with E-state index < -0.39 is 10.8 Å². The number of aromatic nitrogens is 3. The first-order valence-electron chi connectivity index (χ1n) is 12.8. The van der Waals surface area contributed by atoms with E-state index in [9.17, 15) is 4.21 Å². The first kappa shape index (κ1) is 23.8. The van der Waals surface area contributed by atoms with Crippen LogP contribution in [0, 0.1) is 11.7 Å². The Morgan fingerprint density at radius 1 is 1.19 bits per heavy atom. The van der Waals surface area contributed by atoms with Crippen LogP contribution in [0.15, 0.2) is 30.7 Å². The van der Waals surface area contributed by atoms with Crippen molar-refractivity contribution in [2.45, 2.75) is 37.8 Å². The molecule has 0 bridgehead atoms. The summed E-state index contributed by atoms with van der Waals surface area (Å²) in [5, 5.41) is 0.676. The van der Waals surface area contributed by atoms with Crippen LogP contribution in [0.25, 0.3) is 22.2 Å². The molecule has 2 aromatic heterocycles. The maximum absolute atomic E-state index is 15.1. The van der Waals surface area contributed by atoms with Gasteiger partial charge in [-0.15, -0.1) is 0 Å². The third-order valence-electron chi connectivity index (χ3n) is 7.72. The third kappa shape index (κ3) is 4.73. The number of hydrogen-bond acceptors (Lipinski definition) is 7. The average molecular weight is 514 g/mol. The van der Waals surface area contributed by atoms with Gasteiger partial charge in [0.05, 0.1) is 11.5 Å². The Hall–Kier alpha value is -2.56. The van der Waals surface area contributed by atoms with E-state index in [-0.39, 0.29) is 18.0 Å². The second kappa shape index (κ2) is 10.1. The molecule has 2 saturated heterocycles. The maximum atomic E-state index is 15.1. The topological polar surface area (TPSA) is 95.5 Å². The smallest absolute Gasteiger partial charge is 0.146 e. The summed E-state index contributed by atoms with van der Waals surface area (Å²) in [7, 11) is -0.654. The van der Waals surface area contributed by atoms with E-state index in [1.807, 2.05) is 6.20 Å². The van der Waals surface area contributed by atoms with Gasteiger partial charge in [0, 0.05) is 71.9 Å². The number of rotatable bonds is 7. The lowest BCUT2D eigenvalue weighted by Gasteiger charge is -2.40. The van der Waals surface area contributed by atoms with Crippen LogP contribution >= 0.6 is 0 Å².